The molecule has 0 aromatic heterocycles. The third-order valence-corrected chi connectivity index (χ3v) is 6.11. The number of carbonyl (C=O) groups excluding carboxylic acids is 3. The fourth-order valence-corrected chi connectivity index (χ4v) is 3.87. The van der Waals surface area contributed by atoms with E-state index in [1.165, 1.54) is 10.8 Å². The van der Waals surface area contributed by atoms with Crippen LogP contribution in [0.25, 0.3) is 0 Å². The molecule has 0 spiro atoms. The quantitative estimate of drug-likeness (QED) is 0.0667. The molecule has 0 heterocycles. The fraction of sp³-hybridized carbons (Fsp3) is 0.737. The van der Waals surface area contributed by atoms with Gasteiger partial charge in [0.2, 0.25) is 0 Å². The van der Waals surface area contributed by atoms with Gasteiger partial charge in [0.1, 0.15) is 19.8 Å². The minimum atomic E-state index is -0.436. The van der Waals surface area contributed by atoms with Crippen LogP contribution in [0.15, 0.2) is 12.7 Å². The average molecular weight is 484 g/mol. The molecule has 0 aromatic rings. The molecule has 0 aromatic carbocycles. The summed E-state index contributed by atoms with van der Waals surface area (Å²) in [5.41, 5.74) is 0. The first kappa shape index (κ1) is 29.1. The van der Waals surface area contributed by atoms with E-state index in [4.69, 9.17) is 19.3 Å². The van der Waals surface area contributed by atoms with Crippen molar-refractivity contribution in [3.05, 3.63) is 12.7 Å². The maximum Gasteiger partial charge on any atom is 0.330 e. The minimum absolute atomic E-state index is 0.117. The van der Waals surface area contributed by atoms with Gasteiger partial charge in [-0.15, -0.1) is 0 Å². The first-order chi connectivity index (χ1) is 14.5. The monoisotopic (exact) mass is 483 g/mol. The molecule has 0 amide bonds. The van der Waals surface area contributed by atoms with Crippen LogP contribution in [0.3, 0.4) is 0 Å². The Labute approximate surface area is 192 Å². The van der Waals surface area contributed by atoms with Crippen molar-refractivity contribution in [1.82, 2.24) is 4.90 Å². The number of hydrogen-bond donors (Lipinski definition) is 2. The summed E-state index contributed by atoms with van der Waals surface area (Å²) in [5.74, 6) is 0.769. The summed E-state index contributed by atoms with van der Waals surface area (Å²) < 4.78 is 15.1. The van der Waals surface area contributed by atoms with Crippen molar-refractivity contribution in [1.29, 1.82) is 0 Å². The smallest absolute Gasteiger partial charge is 0.330 e. The van der Waals surface area contributed by atoms with Crippen molar-refractivity contribution < 1.29 is 33.7 Å². The lowest BCUT2D eigenvalue weighted by Gasteiger charge is -2.21. The van der Waals surface area contributed by atoms with Gasteiger partial charge in [-0.05, 0) is 19.4 Å². The van der Waals surface area contributed by atoms with Gasteiger partial charge in [-0.2, -0.15) is 12.6 Å². The lowest BCUT2D eigenvalue weighted by Crippen LogP contribution is -2.31. The first-order valence-electron chi connectivity index (χ1n) is 9.82. The standard InChI is InChI=1S/C19H33NO7S3/c1-2-17(22)26-12-15-29-30-16-13-27-19(24)6-9-20(7-3-4-10-21)8-5-18(23)25-11-14-28/h2,21,28H,1,3-16H2. The number of unbranched alkanes of at least 4 members (excludes halogenated alkanes) is 1. The van der Waals surface area contributed by atoms with Gasteiger partial charge in [-0.25, -0.2) is 4.79 Å². The zero-order chi connectivity index (χ0) is 22.5. The Hall–Kier alpha value is -0.880. The molecule has 0 atom stereocenters. The van der Waals surface area contributed by atoms with Gasteiger partial charge in [0.05, 0.1) is 12.8 Å². The van der Waals surface area contributed by atoms with Gasteiger partial charge in [-0.3, -0.25) is 9.59 Å². The Kier molecular flexibility index (Phi) is 20.7. The molecule has 0 aliphatic heterocycles. The summed E-state index contributed by atoms with van der Waals surface area (Å²) >= 11 is 4.00. The Morgan fingerprint density at radius 2 is 1.47 bits per heavy atom. The van der Waals surface area contributed by atoms with Gasteiger partial charge >= 0.3 is 17.9 Å². The summed E-state index contributed by atoms with van der Waals surface area (Å²) in [7, 11) is 3.08. The molecule has 11 heteroatoms. The van der Waals surface area contributed by atoms with Crippen molar-refractivity contribution >= 4 is 52.1 Å². The van der Waals surface area contributed by atoms with Crippen LogP contribution >= 0.6 is 34.2 Å². The maximum absolute atomic E-state index is 11.9. The Bertz CT molecular complexity index is 495. The number of nitrogens with zero attached hydrogens (tertiary/aromatic N) is 1. The van der Waals surface area contributed by atoms with Crippen molar-refractivity contribution in [3.8, 4) is 0 Å². The Morgan fingerprint density at radius 1 is 0.900 bits per heavy atom. The van der Waals surface area contributed by atoms with Crippen LogP contribution < -0.4 is 0 Å². The molecule has 0 rings (SSSR count). The molecule has 0 fully saturated rings. The topological polar surface area (TPSA) is 102 Å². The predicted molar refractivity (Wildman–Crippen MR) is 124 cm³/mol. The summed E-state index contributed by atoms with van der Waals surface area (Å²) in [5, 5.41) is 8.93. The largest absolute Gasteiger partial charge is 0.465 e. The van der Waals surface area contributed by atoms with E-state index in [0.29, 0.717) is 56.5 Å². The van der Waals surface area contributed by atoms with E-state index in [1.807, 2.05) is 4.90 Å². The van der Waals surface area contributed by atoms with Gasteiger partial charge in [0.15, 0.2) is 0 Å². The van der Waals surface area contributed by atoms with Crippen molar-refractivity contribution in [3.63, 3.8) is 0 Å². The van der Waals surface area contributed by atoms with E-state index in [9.17, 15) is 14.4 Å². The highest BCUT2D eigenvalue weighted by atomic mass is 33.1. The number of thiol groups is 1. The second-order valence-electron chi connectivity index (χ2n) is 5.95. The number of aliphatic hydroxyl groups is 1. The Morgan fingerprint density at radius 3 is 2.00 bits per heavy atom. The molecule has 174 valence electrons. The maximum atomic E-state index is 11.9. The average Bonchev–Trinajstić information content (AvgIpc) is 2.75. The normalized spacial score (nSPS) is 10.6. The molecule has 0 aliphatic rings. The van der Waals surface area contributed by atoms with Gasteiger partial charge < -0.3 is 24.2 Å². The van der Waals surface area contributed by atoms with E-state index in [-0.39, 0.29) is 38.0 Å². The zero-order valence-electron chi connectivity index (χ0n) is 17.3. The van der Waals surface area contributed by atoms with Gasteiger partial charge in [0.25, 0.3) is 0 Å². The number of hydrogen-bond acceptors (Lipinski definition) is 11. The lowest BCUT2D eigenvalue weighted by molar-refractivity contribution is -0.143. The molecule has 0 bridgehead atoms. The van der Waals surface area contributed by atoms with Gasteiger partial charge in [-0.1, -0.05) is 28.2 Å². The van der Waals surface area contributed by atoms with Crippen molar-refractivity contribution in [2.75, 3.05) is 63.3 Å². The minimum Gasteiger partial charge on any atom is -0.465 e. The highest BCUT2D eigenvalue weighted by molar-refractivity contribution is 8.76. The van der Waals surface area contributed by atoms with E-state index in [0.717, 1.165) is 12.5 Å². The lowest BCUT2D eigenvalue weighted by atomic mass is 10.2. The molecular weight excluding hydrogens is 450 g/mol. The van der Waals surface area contributed by atoms with Crippen LogP contribution in [-0.4, -0.2) is 91.2 Å². The number of ether oxygens (including phenoxy) is 3. The van der Waals surface area contributed by atoms with Crippen molar-refractivity contribution in [2.45, 2.75) is 25.7 Å². The second kappa shape index (κ2) is 21.4. The van der Waals surface area contributed by atoms with Crippen LogP contribution in [0.1, 0.15) is 25.7 Å². The van der Waals surface area contributed by atoms with Crippen LogP contribution in [0.4, 0.5) is 0 Å². The first-order valence-corrected chi connectivity index (χ1v) is 12.9. The van der Waals surface area contributed by atoms with E-state index in [1.54, 1.807) is 10.8 Å². The molecule has 8 nitrogen and oxygen atoms in total. The SMILES string of the molecule is C=CC(=O)OCCSSCCOC(=O)CCN(CCCCO)CCC(=O)OCCS. The molecule has 0 radical (unpaired) electrons. The molecular formula is C19H33NO7S3. The van der Waals surface area contributed by atoms with Crippen LogP contribution in [0.5, 0.6) is 0 Å². The van der Waals surface area contributed by atoms with E-state index >= 15 is 0 Å². The zero-order valence-corrected chi connectivity index (χ0v) is 19.8. The molecule has 30 heavy (non-hydrogen) atoms. The van der Waals surface area contributed by atoms with Gasteiger partial charge in [0, 0.05) is 43.0 Å². The predicted octanol–water partition coefficient (Wildman–Crippen LogP) is 1.97. The molecule has 1 N–H and O–H groups in total. The summed E-state index contributed by atoms with van der Waals surface area (Å²) in [6, 6.07) is 0. The highest BCUT2D eigenvalue weighted by Gasteiger charge is 2.12. The highest BCUT2D eigenvalue weighted by Crippen LogP contribution is 2.20. The van der Waals surface area contributed by atoms with E-state index in [2.05, 4.69) is 19.2 Å². The van der Waals surface area contributed by atoms with Crippen LogP contribution in [-0.2, 0) is 28.6 Å². The number of carbonyl (C=O) groups is 3. The summed E-state index contributed by atoms with van der Waals surface area (Å²) in [6.07, 6.45) is 3.07. The van der Waals surface area contributed by atoms with Crippen molar-refractivity contribution in [2.24, 2.45) is 0 Å². The van der Waals surface area contributed by atoms with E-state index < -0.39 is 5.97 Å². The second-order valence-corrected chi connectivity index (χ2v) is 9.10. The summed E-state index contributed by atoms with van der Waals surface area (Å²) in [4.78, 5) is 36.4. The molecule has 0 saturated heterocycles. The molecule has 0 saturated carbocycles. The number of aliphatic hydroxyl groups excluding tert-OH is 1. The Balaban J connectivity index is 3.92. The fourth-order valence-electron chi connectivity index (χ4n) is 2.13. The third-order valence-electron chi connectivity index (χ3n) is 3.59. The van der Waals surface area contributed by atoms with Crippen LogP contribution in [0.2, 0.25) is 0 Å². The summed E-state index contributed by atoms with van der Waals surface area (Å²) in [6.45, 7) is 6.02. The number of rotatable bonds is 20. The van der Waals surface area contributed by atoms with Crippen LogP contribution in [0, 0.1) is 0 Å². The molecule has 0 aliphatic carbocycles. The third kappa shape index (κ3) is 19.1. The number of esters is 3. The molecule has 0 unspecified atom stereocenters.